The third-order valence-electron chi connectivity index (χ3n) is 2.89. The Kier molecular flexibility index (Phi) is 4.44. The Morgan fingerprint density at radius 1 is 1.24 bits per heavy atom. The lowest BCUT2D eigenvalue weighted by molar-refractivity contribution is 0.369. The van der Waals surface area contributed by atoms with E-state index in [9.17, 15) is 8.42 Å². The van der Waals surface area contributed by atoms with Crippen molar-refractivity contribution in [3.05, 3.63) is 42.1 Å². The van der Waals surface area contributed by atoms with E-state index in [4.69, 9.17) is 14.6 Å². The van der Waals surface area contributed by atoms with Crippen molar-refractivity contribution in [3.63, 3.8) is 0 Å². The molecule has 1 heterocycles. The van der Waals surface area contributed by atoms with Crippen molar-refractivity contribution < 1.29 is 17.9 Å². The van der Waals surface area contributed by atoms with Crippen molar-refractivity contribution >= 4 is 10.0 Å². The number of nitrogens with zero attached hydrogens (tertiary/aromatic N) is 1. The van der Waals surface area contributed by atoms with E-state index in [-0.39, 0.29) is 10.8 Å². The molecule has 0 aliphatic heterocycles. The van der Waals surface area contributed by atoms with Crippen LogP contribution in [-0.2, 0) is 16.4 Å². The highest BCUT2D eigenvalue weighted by Gasteiger charge is 2.18. The summed E-state index contributed by atoms with van der Waals surface area (Å²) < 4.78 is 33.9. The van der Waals surface area contributed by atoms with Crippen LogP contribution in [0.25, 0.3) is 0 Å². The van der Waals surface area contributed by atoms with Gasteiger partial charge in [0.1, 0.15) is 4.90 Å². The maximum Gasteiger partial charge on any atom is 0.243 e. The van der Waals surface area contributed by atoms with Gasteiger partial charge in [0.05, 0.1) is 7.11 Å². The molecule has 6 nitrogen and oxygen atoms in total. The van der Waals surface area contributed by atoms with Gasteiger partial charge in [-0.1, -0.05) is 13.0 Å². The second-order valence-electron chi connectivity index (χ2n) is 4.29. The van der Waals surface area contributed by atoms with Gasteiger partial charge in [0, 0.05) is 6.20 Å². The van der Waals surface area contributed by atoms with E-state index in [0.29, 0.717) is 11.5 Å². The van der Waals surface area contributed by atoms with E-state index in [1.54, 1.807) is 6.07 Å². The Bertz CT molecular complexity index is 744. The average Bonchev–Trinajstić information content (AvgIpc) is 2.47. The van der Waals surface area contributed by atoms with Gasteiger partial charge in [-0.15, -0.1) is 0 Å². The Morgan fingerprint density at radius 3 is 2.62 bits per heavy atom. The van der Waals surface area contributed by atoms with Gasteiger partial charge in [-0.2, -0.15) is 0 Å². The quantitative estimate of drug-likeness (QED) is 0.913. The third-order valence-corrected chi connectivity index (χ3v) is 3.81. The van der Waals surface area contributed by atoms with Crippen LogP contribution in [0.5, 0.6) is 17.4 Å². The highest BCUT2D eigenvalue weighted by molar-refractivity contribution is 7.89. The number of ether oxygens (including phenoxy) is 2. The van der Waals surface area contributed by atoms with Crippen LogP contribution in [-0.4, -0.2) is 20.5 Å². The SMILES string of the molecule is CCc1ccc(Oc2ncccc2S(N)(=O)=O)c(OC)c1. The van der Waals surface area contributed by atoms with Crippen molar-refractivity contribution in [1.82, 2.24) is 4.98 Å². The molecule has 1 aromatic carbocycles. The van der Waals surface area contributed by atoms with Gasteiger partial charge in [-0.3, -0.25) is 0 Å². The molecular weight excluding hydrogens is 292 g/mol. The first-order valence-electron chi connectivity index (χ1n) is 6.28. The lowest BCUT2D eigenvalue weighted by atomic mass is 10.1. The van der Waals surface area contributed by atoms with Crippen LogP contribution in [0.1, 0.15) is 12.5 Å². The predicted octanol–water partition coefficient (Wildman–Crippen LogP) is 2.09. The second-order valence-corrected chi connectivity index (χ2v) is 5.82. The van der Waals surface area contributed by atoms with Crippen molar-refractivity contribution in [2.75, 3.05) is 7.11 Å². The molecule has 0 spiro atoms. The molecule has 0 bridgehead atoms. The number of pyridine rings is 1. The van der Waals surface area contributed by atoms with Crippen LogP contribution < -0.4 is 14.6 Å². The van der Waals surface area contributed by atoms with E-state index in [1.807, 2.05) is 19.1 Å². The minimum absolute atomic E-state index is 0.0810. The van der Waals surface area contributed by atoms with E-state index in [0.717, 1.165) is 12.0 Å². The maximum atomic E-state index is 11.5. The van der Waals surface area contributed by atoms with Crippen molar-refractivity contribution in [2.24, 2.45) is 5.14 Å². The number of primary sulfonamides is 1. The molecule has 2 rings (SSSR count). The first-order chi connectivity index (χ1) is 9.95. The molecule has 21 heavy (non-hydrogen) atoms. The molecule has 0 unspecified atom stereocenters. The summed E-state index contributed by atoms with van der Waals surface area (Å²) in [7, 11) is -2.40. The number of rotatable bonds is 5. The Morgan fingerprint density at radius 2 is 2.00 bits per heavy atom. The van der Waals surface area contributed by atoms with E-state index in [2.05, 4.69) is 4.98 Å². The van der Waals surface area contributed by atoms with E-state index < -0.39 is 10.0 Å². The zero-order valence-electron chi connectivity index (χ0n) is 11.7. The Labute approximate surface area is 123 Å². The van der Waals surface area contributed by atoms with Gasteiger partial charge in [-0.25, -0.2) is 18.5 Å². The van der Waals surface area contributed by atoms with Gasteiger partial charge in [-0.05, 0) is 36.2 Å². The van der Waals surface area contributed by atoms with Gasteiger partial charge in [0.2, 0.25) is 15.9 Å². The fourth-order valence-electron chi connectivity index (χ4n) is 1.79. The number of hydrogen-bond acceptors (Lipinski definition) is 5. The van der Waals surface area contributed by atoms with Crippen molar-refractivity contribution in [2.45, 2.75) is 18.2 Å². The fourth-order valence-corrected chi connectivity index (χ4v) is 2.40. The molecule has 0 amide bonds. The lowest BCUT2D eigenvalue weighted by Gasteiger charge is -2.12. The first kappa shape index (κ1) is 15.3. The third kappa shape index (κ3) is 3.50. The van der Waals surface area contributed by atoms with E-state index >= 15 is 0 Å². The van der Waals surface area contributed by atoms with Crippen molar-refractivity contribution in [1.29, 1.82) is 0 Å². The number of sulfonamides is 1. The van der Waals surface area contributed by atoms with Crippen molar-refractivity contribution in [3.8, 4) is 17.4 Å². The number of hydrogen-bond donors (Lipinski definition) is 1. The number of methoxy groups -OCH3 is 1. The lowest BCUT2D eigenvalue weighted by Crippen LogP contribution is -2.13. The zero-order chi connectivity index (χ0) is 15.5. The number of benzene rings is 1. The topological polar surface area (TPSA) is 91.5 Å². The summed E-state index contributed by atoms with van der Waals surface area (Å²) in [6.07, 6.45) is 2.28. The van der Waals surface area contributed by atoms with E-state index in [1.165, 1.54) is 25.4 Å². The van der Waals surface area contributed by atoms with Crippen LogP contribution in [0, 0.1) is 0 Å². The minimum atomic E-state index is -3.91. The molecule has 7 heteroatoms. The molecule has 0 fully saturated rings. The monoisotopic (exact) mass is 308 g/mol. The summed E-state index contributed by atoms with van der Waals surface area (Å²) in [6, 6.07) is 8.22. The number of aryl methyl sites for hydroxylation is 1. The summed E-state index contributed by atoms with van der Waals surface area (Å²) in [5, 5.41) is 5.15. The molecule has 0 atom stereocenters. The highest BCUT2D eigenvalue weighted by Crippen LogP contribution is 2.33. The summed E-state index contributed by atoms with van der Waals surface area (Å²) >= 11 is 0. The Hall–Kier alpha value is -2.12. The second kappa shape index (κ2) is 6.11. The molecule has 0 saturated carbocycles. The summed E-state index contributed by atoms with van der Waals surface area (Å²) in [4.78, 5) is 3.75. The highest BCUT2D eigenvalue weighted by atomic mass is 32.2. The fraction of sp³-hybridized carbons (Fsp3) is 0.214. The predicted molar refractivity (Wildman–Crippen MR) is 78.1 cm³/mol. The molecule has 112 valence electrons. The smallest absolute Gasteiger partial charge is 0.243 e. The molecule has 0 saturated heterocycles. The number of nitrogens with two attached hydrogens (primary N) is 1. The summed E-state index contributed by atoms with van der Waals surface area (Å²) in [5.41, 5.74) is 1.08. The Balaban J connectivity index is 2.44. The molecular formula is C14H16N2O4S. The average molecular weight is 308 g/mol. The van der Waals surface area contributed by atoms with Crippen LogP contribution in [0.2, 0.25) is 0 Å². The first-order valence-corrected chi connectivity index (χ1v) is 7.83. The van der Waals surface area contributed by atoms with Crippen LogP contribution in [0.3, 0.4) is 0 Å². The molecule has 0 radical (unpaired) electrons. The maximum absolute atomic E-state index is 11.5. The van der Waals surface area contributed by atoms with Gasteiger partial charge < -0.3 is 9.47 Å². The molecule has 0 aliphatic carbocycles. The van der Waals surface area contributed by atoms with Gasteiger partial charge in [0.15, 0.2) is 11.5 Å². The molecule has 0 aliphatic rings. The summed E-state index contributed by atoms with van der Waals surface area (Å²) in [5.74, 6) is 0.793. The largest absolute Gasteiger partial charge is 0.493 e. The number of aromatic nitrogens is 1. The van der Waals surface area contributed by atoms with Crippen LogP contribution in [0.15, 0.2) is 41.4 Å². The van der Waals surface area contributed by atoms with Crippen LogP contribution >= 0.6 is 0 Å². The normalized spacial score (nSPS) is 11.2. The zero-order valence-corrected chi connectivity index (χ0v) is 12.6. The van der Waals surface area contributed by atoms with Gasteiger partial charge in [0.25, 0.3) is 0 Å². The molecule has 2 aromatic rings. The minimum Gasteiger partial charge on any atom is -0.493 e. The summed E-state index contributed by atoms with van der Waals surface area (Å²) in [6.45, 7) is 2.02. The van der Waals surface area contributed by atoms with Crippen LogP contribution in [0.4, 0.5) is 0 Å². The van der Waals surface area contributed by atoms with Gasteiger partial charge >= 0.3 is 0 Å². The standard InChI is InChI=1S/C14H16N2O4S/c1-3-10-6-7-11(12(9-10)19-2)20-14-13(21(15,17)18)5-4-8-16-14/h4-9H,3H2,1-2H3,(H2,15,17,18). The molecule has 1 aromatic heterocycles. The molecule has 2 N–H and O–H groups in total.